The molecule has 0 aromatic heterocycles. The lowest BCUT2D eigenvalue weighted by molar-refractivity contribution is -0.119. The Bertz CT molecular complexity index is 951. The largest absolute Gasteiger partial charge is 0.301 e. The number of carbonyl (C=O) groups excluding carboxylic acids is 1. The number of piperazine rings is 1. The Morgan fingerprint density at radius 2 is 1.78 bits per heavy atom. The fourth-order valence-corrected chi connectivity index (χ4v) is 7.00. The normalized spacial score (nSPS) is 24.5. The summed E-state index contributed by atoms with van der Waals surface area (Å²) >= 11 is 0. The van der Waals surface area contributed by atoms with Crippen LogP contribution in [0.4, 0.5) is 5.69 Å². The van der Waals surface area contributed by atoms with E-state index in [4.69, 9.17) is 0 Å². The van der Waals surface area contributed by atoms with Crippen molar-refractivity contribution in [2.24, 2.45) is 5.92 Å². The molecule has 150 valence electrons. The minimum Gasteiger partial charge on any atom is -0.301 e. The average Bonchev–Trinajstić information content (AvgIpc) is 2.81. The number of nitrogens with zero attached hydrogens (tertiary/aromatic N) is 3. The summed E-state index contributed by atoms with van der Waals surface area (Å²) in [6.07, 6.45) is 0. The second kappa shape index (κ2) is 7.16. The Balaban J connectivity index is 1.90. The molecule has 2 heterocycles. The van der Waals surface area contributed by atoms with Gasteiger partial charge in [0.1, 0.15) is 0 Å². The third kappa shape index (κ3) is 3.63. The number of aryl methyl sites for hydroxylation is 1. The quantitative estimate of drug-likeness (QED) is 0.716. The molecule has 1 aromatic carbocycles. The van der Waals surface area contributed by atoms with E-state index in [0.717, 1.165) is 10.8 Å². The first kappa shape index (κ1) is 20.2. The van der Waals surface area contributed by atoms with Crippen molar-refractivity contribution in [1.82, 2.24) is 9.21 Å². The van der Waals surface area contributed by atoms with Crippen molar-refractivity contribution in [3.63, 3.8) is 0 Å². The standard InChI is InChI=1S/C17H25N3O5S2/c1-4-18-7-9-19(10-8-18)27(24,25)16-6-5-15(11-13(16)2)20-17(21)14(3)12-26(20,22)23/h5-6,11,14H,4,7-10,12H2,1-3H3. The van der Waals surface area contributed by atoms with Gasteiger partial charge in [-0.15, -0.1) is 0 Å². The molecule has 1 amide bonds. The molecule has 1 atom stereocenters. The van der Waals surface area contributed by atoms with E-state index >= 15 is 0 Å². The SMILES string of the molecule is CCN1CCN(S(=O)(=O)c2ccc(N3C(=O)C(C)CS3(=O)=O)cc2C)CC1. The number of amides is 1. The van der Waals surface area contributed by atoms with Crippen LogP contribution in [0.5, 0.6) is 0 Å². The molecule has 2 aliphatic heterocycles. The number of rotatable bonds is 4. The summed E-state index contributed by atoms with van der Waals surface area (Å²) < 4.78 is 52.7. The first-order valence-electron chi connectivity index (χ1n) is 8.98. The van der Waals surface area contributed by atoms with Crippen molar-refractivity contribution < 1.29 is 21.6 Å². The van der Waals surface area contributed by atoms with Gasteiger partial charge in [-0.05, 0) is 37.2 Å². The van der Waals surface area contributed by atoms with Crippen LogP contribution in [0.2, 0.25) is 0 Å². The molecule has 0 N–H and O–H groups in total. The number of hydrogen-bond acceptors (Lipinski definition) is 6. The van der Waals surface area contributed by atoms with Gasteiger partial charge in [-0.3, -0.25) is 4.79 Å². The monoisotopic (exact) mass is 415 g/mol. The van der Waals surface area contributed by atoms with Crippen LogP contribution < -0.4 is 4.31 Å². The fraction of sp³-hybridized carbons (Fsp3) is 0.588. The van der Waals surface area contributed by atoms with Crippen molar-refractivity contribution in [2.45, 2.75) is 25.7 Å². The zero-order chi connectivity index (χ0) is 20.0. The Morgan fingerprint density at radius 3 is 2.26 bits per heavy atom. The van der Waals surface area contributed by atoms with Gasteiger partial charge in [0.25, 0.3) is 0 Å². The molecule has 2 saturated heterocycles. The van der Waals surface area contributed by atoms with Gasteiger partial charge in [-0.1, -0.05) is 13.8 Å². The highest BCUT2D eigenvalue weighted by atomic mass is 32.2. The van der Waals surface area contributed by atoms with E-state index in [1.807, 2.05) is 6.92 Å². The van der Waals surface area contributed by atoms with Gasteiger partial charge in [0.05, 0.1) is 22.3 Å². The lowest BCUT2D eigenvalue weighted by atomic mass is 10.2. The highest BCUT2D eigenvalue weighted by molar-refractivity contribution is 7.94. The van der Waals surface area contributed by atoms with Crippen molar-refractivity contribution >= 4 is 31.6 Å². The predicted octanol–water partition coefficient (Wildman–Crippen LogP) is 0.634. The van der Waals surface area contributed by atoms with Crippen LogP contribution in [-0.2, 0) is 24.8 Å². The third-order valence-electron chi connectivity index (χ3n) is 5.15. The van der Waals surface area contributed by atoms with Crippen LogP contribution in [0, 0.1) is 12.8 Å². The summed E-state index contributed by atoms with van der Waals surface area (Å²) in [5, 5.41) is 0. The maximum absolute atomic E-state index is 13.0. The number of benzene rings is 1. The summed E-state index contributed by atoms with van der Waals surface area (Å²) in [5.74, 6) is -1.32. The van der Waals surface area contributed by atoms with E-state index in [-0.39, 0.29) is 16.3 Å². The summed E-state index contributed by atoms with van der Waals surface area (Å²) in [6.45, 7) is 8.34. The van der Waals surface area contributed by atoms with Crippen LogP contribution in [0.15, 0.2) is 23.1 Å². The molecule has 1 aromatic rings. The van der Waals surface area contributed by atoms with E-state index in [1.54, 1.807) is 13.8 Å². The van der Waals surface area contributed by atoms with E-state index in [1.165, 1.54) is 22.5 Å². The zero-order valence-corrected chi connectivity index (χ0v) is 17.4. The van der Waals surface area contributed by atoms with E-state index < -0.39 is 31.9 Å². The Morgan fingerprint density at radius 1 is 1.15 bits per heavy atom. The summed E-state index contributed by atoms with van der Waals surface area (Å²) in [7, 11) is -7.38. The lowest BCUT2D eigenvalue weighted by Crippen LogP contribution is -2.48. The number of hydrogen-bond donors (Lipinski definition) is 0. The summed E-state index contributed by atoms with van der Waals surface area (Å²) in [6, 6.07) is 4.26. The molecule has 1 unspecified atom stereocenters. The van der Waals surface area contributed by atoms with Gasteiger partial charge in [0, 0.05) is 26.2 Å². The average molecular weight is 416 g/mol. The van der Waals surface area contributed by atoms with E-state index in [9.17, 15) is 21.6 Å². The Hall–Kier alpha value is -1.49. The van der Waals surface area contributed by atoms with Crippen molar-refractivity contribution in [1.29, 1.82) is 0 Å². The molecule has 0 saturated carbocycles. The Kier molecular flexibility index (Phi) is 5.37. The van der Waals surface area contributed by atoms with Crippen LogP contribution in [-0.4, -0.2) is 70.4 Å². The van der Waals surface area contributed by atoms with Crippen molar-refractivity contribution in [3.05, 3.63) is 23.8 Å². The number of anilines is 1. The third-order valence-corrected chi connectivity index (χ3v) is 9.08. The van der Waals surface area contributed by atoms with E-state index in [0.29, 0.717) is 31.7 Å². The predicted molar refractivity (Wildman–Crippen MR) is 102 cm³/mol. The van der Waals surface area contributed by atoms with Crippen LogP contribution in [0.3, 0.4) is 0 Å². The minimum absolute atomic E-state index is 0.147. The van der Waals surface area contributed by atoms with Crippen LogP contribution >= 0.6 is 0 Å². The summed E-state index contributed by atoms with van der Waals surface area (Å²) in [4.78, 5) is 14.6. The summed E-state index contributed by atoms with van der Waals surface area (Å²) in [5.41, 5.74) is 0.615. The molecule has 0 aliphatic carbocycles. The fourth-order valence-electron chi connectivity index (χ4n) is 3.56. The molecular weight excluding hydrogens is 390 g/mol. The molecule has 10 heteroatoms. The highest BCUT2D eigenvalue weighted by Crippen LogP contribution is 2.31. The second-order valence-corrected chi connectivity index (χ2v) is 10.8. The molecule has 3 rings (SSSR count). The zero-order valence-electron chi connectivity index (χ0n) is 15.8. The molecule has 27 heavy (non-hydrogen) atoms. The van der Waals surface area contributed by atoms with Gasteiger partial charge < -0.3 is 4.90 Å². The lowest BCUT2D eigenvalue weighted by Gasteiger charge is -2.33. The molecule has 0 spiro atoms. The highest BCUT2D eigenvalue weighted by Gasteiger charge is 2.42. The maximum atomic E-state index is 13.0. The van der Waals surface area contributed by atoms with Gasteiger partial charge in [0.2, 0.25) is 26.0 Å². The number of sulfonamides is 2. The van der Waals surface area contributed by atoms with Crippen LogP contribution in [0.25, 0.3) is 0 Å². The number of likely N-dealkylation sites (N-methyl/N-ethyl adjacent to an activating group) is 1. The van der Waals surface area contributed by atoms with Gasteiger partial charge in [0.15, 0.2) is 0 Å². The number of carbonyl (C=O) groups is 1. The maximum Gasteiger partial charge on any atom is 0.244 e. The Labute approximate surface area is 160 Å². The molecule has 2 aliphatic rings. The van der Waals surface area contributed by atoms with Gasteiger partial charge in [-0.25, -0.2) is 21.1 Å². The molecule has 2 fully saturated rings. The first-order chi connectivity index (χ1) is 12.6. The van der Waals surface area contributed by atoms with E-state index in [2.05, 4.69) is 4.90 Å². The second-order valence-electron chi connectivity index (χ2n) is 7.07. The minimum atomic E-state index is -3.71. The molecule has 0 radical (unpaired) electrons. The van der Waals surface area contributed by atoms with Crippen LogP contribution in [0.1, 0.15) is 19.4 Å². The molecule has 8 nitrogen and oxygen atoms in total. The topological polar surface area (TPSA) is 95.1 Å². The first-order valence-corrected chi connectivity index (χ1v) is 12.0. The van der Waals surface area contributed by atoms with Gasteiger partial charge in [-0.2, -0.15) is 4.31 Å². The van der Waals surface area contributed by atoms with Crippen molar-refractivity contribution in [3.8, 4) is 0 Å². The smallest absolute Gasteiger partial charge is 0.244 e. The van der Waals surface area contributed by atoms with Gasteiger partial charge >= 0.3 is 0 Å². The molecule has 0 bridgehead atoms. The van der Waals surface area contributed by atoms with Crippen molar-refractivity contribution in [2.75, 3.05) is 42.8 Å². The molecular formula is C17H25N3O5S2.